The van der Waals surface area contributed by atoms with E-state index in [1.165, 1.54) is 5.56 Å². The zero-order chi connectivity index (χ0) is 20.0. The summed E-state index contributed by atoms with van der Waals surface area (Å²) in [5.41, 5.74) is 5.46. The highest BCUT2D eigenvalue weighted by Gasteiger charge is 2.41. The highest BCUT2D eigenvalue weighted by molar-refractivity contribution is 5.83. The fourth-order valence-corrected chi connectivity index (χ4v) is 4.62. The van der Waals surface area contributed by atoms with Crippen LogP contribution in [0.1, 0.15) is 56.9 Å². The van der Waals surface area contributed by atoms with Crippen LogP contribution in [0, 0.1) is 16.7 Å². The van der Waals surface area contributed by atoms with E-state index in [4.69, 9.17) is 5.73 Å². The van der Waals surface area contributed by atoms with Crippen molar-refractivity contribution in [2.45, 2.75) is 63.5 Å². The van der Waals surface area contributed by atoms with Crippen molar-refractivity contribution >= 4 is 11.8 Å². The summed E-state index contributed by atoms with van der Waals surface area (Å²) in [6.45, 7) is 2.06. The molecule has 1 heterocycles. The van der Waals surface area contributed by atoms with E-state index in [0.29, 0.717) is 19.4 Å². The Morgan fingerprint density at radius 1 is 1.14 bits per heavy atom. The Morgan fingerprint density at radius 3 is 2.50 bits per heavy atom. The first kappa shape index (κ1) is 20.3. The number of likely N-dealkylation sites (tertiary alicyclic amines) is 1. The van der Waals surface area contributed by atoms with Gasteiger partial charge in [0.1, 0.15) is 5.54 Å². The smallest absolute Gasteiger partial charge is 0.223 e. The summed E-state index contributed by atoms with van der Waals surface area (Å²) < 4.78 is 0. The van der Waals surface area contributed by atoms with E-state index in [1.807, 2.05) is 18.2 Å². The largest absolute Gasteiger partial charge is 0.369 e. The number of amides is 2. The normalized spacial score (nSPS) is 24.4. The molecule has 0 aromatic heterocycles. The number of hydrogen-bond donors (Lipinski definition) is 2. The molecule has 1 saturated carbocycles. The molecule has 1 aromatic rings. The molecular weight excluding hydrogens is 352 g/mol. The van der Waals surface area contributed by atoms with Crippen LogP contribution in [0.2, 0.25) is 0 Å². The van der Waals surface area contributed by atoms with Gasteiger partial charge in [0, 0.05) is 31.5 Å². The number of nitrogens with zero attached hydrogens (tertiary/aromatic N) is 2. The summed E-state index contributed by atoms with van der Waals surface area (Å²) in [6, 6.07) is 12.5. The van der Waals surface area contributed by atoms with Crippen molar-refractivity contribution in [2.75, 3.05) is 13.1 Å². The molecule has 2 fully saturated rings. The SMILES string of the molecule is N#CC1(NC(=O)CCC2(C(N)=O)CCCCC2)CCN(Cc2ccccc2)C1. The van der Waals surface area contributed by atoms with Crippen LogP contribution < -0.4 is 11.1 Å². The van der Waals surface area contributed by atoms with E-state index in [0.717, 1.165) is 45.2 Å². The number of carbonyl (C=O) groups excluding carboxylic acids is 2. The number of nitrogens with two attached hydrogens (primary N) is 1. The number of hydrogen-bond acceptors (Lipinski definition) is 4. The molecule has 2 amide bonds. The molecule has 0 bridgehead atoms. The van der Waals surface area contributed by atoms with Crippen LogP contribution in [0.5, 0.6) is 0 Å². The number of nitrogens with one attached hydrogen (secondary N) is 1. The van der Waals surface area contributed by atoms with Crippen molar-refractivity contribution in [1.82, 2.24) is 10.2 Å². The summed E-state index contributed by atoms with van der Waals surface area (Å²) in [5.74, 6) is -0.445. The van der Waals surface area contributed by atoms with Crippen molar-refractivity contribution in [2.24, 2.45) is 11.1 Å². The third-order valence-corrected chi connectivity index (χ3v) is 6.35. The van der Waals surface area contributed by atoms with E-state index in [-0.39, 0.29) is 18.2 Å². The van der Waals surface area contributed by atoms with Crippen LogP contribution >= 0.6 is 0 Å². The Bertz CT molecular complexity index is 737. The van der Waals surface area contributed by atoms with Crippen LogP contribution in [0.25, 0.3) is 0 Å². The molecule has 150 valence electrons. The van der Waals surface area contributed by atoms with E-state index in [9.17, 15) is 14.9 Å². The number of benzene rings is 1. The van der Waals surface area contributed by atoms with Crippen LogP contribution in [0.15, 0.2) is 30.3 Å². The lowest BCUT2D eigenvalue weighted by molar-refractivity contribution is -0.131. The number of nitriles is 1. The lowest BCUT2D eigenvalue weighted by atomic mass is 9.70. The molecule has 1 aromatic carbocycles. The summed E-state index contributed by atoms with van der Waals surface area (Å²) in [7, 11) is 0. The first-order valence-electron chi connectivity index (χ1n) is 10.3. The third-order valence-electron chi connectivity index (χ3n) is 6.35. The molecule has 0 spiro atoms. The minimum atomic E-state index is -0.849. The lowest BCUT2D eigenvalue weighted by Gasteiger charge is -2.34. The van der Waals surface area contributed by atoms with Crippen molar-refractivity contribution in [3.8, 4) is 6.07 Å². The molecule has 6 heteroatoms. The Morgan fingerprint density at radius 2 is 1.86 bits per heavy atom. The fourth-order valence-electron chi connectivity index (χ4n) is 4.62. The molecule has 3 rings (SSSR count). The monoisotopic (exact) mass is 382 g/mol. The minimum Gasteiger partial charge on any atom is -0.369 e. The van der Waals surface area contributed by atoms with Crippen LogP contribution in [0.3, 0.4) is 0 Å². The molecule has 1 saturated heterocycles. The van der Waals surface area contributed by atoms with Gasteiger partial charge in [-0.3, -0.25) is 14.5 Å². The molecule has 2 aliphatic rings. The summed E-state index contributed by atoms with van der Waals surface area (Å²) >= 11 is 0. The summed E-state index contributed by atoms with van der Waals surface area (Å²) in [4.78, 5) is 26.8. The van der Waals surface area contributed by atoms with Gasteiger partial charge < -0.3 is 11.1 Å². The average molecular weight is 383 g/mol. The summed E-state index contributed by atoms with van der Waals surface area (Å²) in [5, 5.41) is 12.7. The van der Waals surface area contributed by atoms with E-state index >= 15 is 0 Å². The van der Waals surface area contributed by atoms with Gasteiger partial charge in [-0.25, -0.2) is 0 Å². The highest BCUT2D eigenvalue weighted by atomic mass is 16.2. The van der Waals surface area contributed by atoms with Crippen molar-refractivity contribution < 1.29 is 9.59 Å². The van der Waals surface area contributed by atoms with Gasteiger partial charge in [0.05, 0.1) is 6.07 Å². The first-order valence-corrected chi connectivity index (χ1v) is 10.3. The van der Waals surface area contributed by atoms with Gasteiger partial charge in [-0.2, -0.15) is 5.26 Å². The predicted molar refractivity (Wildman–Crippen MR) is 107 cm³/mol. The zero-order valence-corrected chi connectivity index (χ0v) is 16.5. The van der Waals surface area contributed by atoms with Crippen molar-refractivity contribution in [3.63, 3.8) is 0 Å². The second-order valence-corrected chi connectivity index (χ2v) is 8.39. The maximum Gasteiger partial charge on any atom is 0.223 e. The Labute approximate surface area is 167 Å². The number of rotatable bonds is 7. The Hall–Kier alpha value is -2.39. The second-order valence-electron chi connectivity index (χ2n) is 8.39. The van der Waals surface area contributed by atoms with Crippen LogP contribution in [0.4, 0.5) is 0 Å². The van der Waals surface area contributed by atoms with E-state index in [2.05, 4.69) is 28.4 Å². The molecule has 0 radical (unpaired) electrons. The topological polar surface area (TPSA) is 99.2 Å². The maximum atomic E-state index is 12.6. The van der Waals surface area contributed by atoms with Crippen LogP contribution in [-0.2, 0) is 16.1 Å². The lowest BCUT2D eigenvalue weighted by Crippen LogP contribution is -2.50. The standard InChI is InChI=1S/C22H30N4O2/c23-16-22(13-14-26(17-22)15-18-7-3-1-4-8-18)25-19(27)9-12-21(20(24)28)10-5-2-6-11-21/h1,3-4,7-8H,2,5-6,9-15,17H2,(H2,24,28)(H,25,27). The first-order chi connectivity index (χ1) is 13.5. The molecular formula is C22H30N4O2. The molecule has 28 heavy (non-hydrogen) atoms. The van der Waals surface area contributed by atoms with Gasteiger partial charge in [-0.1, -0.05) is 49.6 Å². The van der Waals surface area contributed by atoms with E-state index in [1.54, 1.807) is 0 Å². The maximum absolute atomic E-state index is 12.6. The molecule has 3 N–H and O–H groups in total. The molecule has 1 atom stereocenters. The minimum absolute atomic E-state index is 0.158. The van der Waals surface area contributed by atoms with Gasteiger partial charge in [0.25, 0.3) is 0 Å². The predicted octanol–water partition coefficient (Wildman–Crippen LogP) is 2.49. The highest BCUT2D eigenvalue weighted by Crippen LogP contribution is 2.40. The average Bonchev–Trinajstić information content (AvgIpc) is 3.10. The van der Waals surface area contributed by atoms with Gasteiger partial charge in [-0.15, -0.1) is 0 Å². The van der Waals surface area contributed by atoms with Gasteiger partial charge >= 0.3 is 0 Å². The molecule has 1 aliphatic carbocycles. The second kappa shape index (κ2) is 8.74. The third kappa shape index (κ3) is 4.71. The number of carbonyl (C=O) groups is 2. The fraction of sp³-hybridized carbons (Fsp3) is 0.591. The Kier molecular flexibility index (Phi) is 6.35. The Balaban J connectivity index is 1.55. The zero-order valence-electron chi connectivity index (χ0n) is 16.5. The molecule has 1 aliphatic heterocycles. The number of primary amides is 1. The van der Waals surface area contributed by atoms with E-state index < -0.39 is 11.0 Å². The quantitative estimate of drug-likeness (QED) is 0.757. The summed E-state index contributed by atoms with van der Waals surface area (Å²) in [6.07, 6.45) is 5.96. The van der Waals surface area contributed by atoms with Crippen molar-refractivity contribution in [3.05, 3.63) is 35.9 Å². The van der Waals surface area contributed by atoms with Crippen molar-refractivity contribution in [1.29, 1.82) is 5.26 Å². The molecule has 1 unspecified atom stereocenters. The van der Waals surface area contributed by atoms with Gasteiger partial charge in [0.2, 0.25) is 11.8 Å². The van der Waals surface area contributed by atoms with Crippen LogP contribution in [-0.4, -0.2) is 35.3 Å². The molecule has 6 nitrogen and oxygen atoms in total. The van der Waals surface area contributed by atoms with Gasteiger partial charge in [0.15, 0.2) is 0 Å². The van der Waals surface area contributed by atoms with Gasteiger partial charge in [-0.05, 0) is 31.2 Å².